The SMILES string of the molecule is C=CC(C)n1c2ccccc2c2cc(/C=C(/C#N)C(=O)O)ccc21. The van der Waals surface area contributed by atoms with Crippen molar-refractivity contribution in [3.05, 3.63) is 66.3 Å². The number of para-hydroxylation sites is 1. The van der Waals surface area contributed by atoms with E-state index >= 15 is 0 Å². The third kappa shape index (κ3) is 2.46. The topological polar surface area (TPSA) is 66.0 Å². The molecule has 4 heteroatoms. The highest BCUT2D eigenvalue weighted by Crippen LogP contribution is 2.33. The van der Waals surface area contributed by atoms with Crippen molar-refractivity contribution in [2.45, 2.75) is 13.0 Å². The van der Waals surface area contributed by atoms with Crippen molar-refractivity contribution in [2.75, 3.05) is 0 Å². The number of nitrogens with zero attached hydrogens (tertiary/aromatic N) is 2. The molecular formula is C20H16N2O2. The fourth-order valence-corrected chi connectivity index (χ4v) is 2.96. The van der Waals surface area contributed by atoms with Crippen LogP contribution < -0.4 is 0 Å². The van der Waals surface area contributed by atoms with Crippen LogP contribution in [-0.2, 0) is 4.79 Å². The summed E-state index contributed by atoms with van der Waals surface area (Å²) in [4.78, 5) is 11.0. The number of hydrogen-bond donors (Lipinski definition) is 1. The molecule has 3 aromatic rings. The molecule has 0 bridgehead atoms. The first-order valence-electron chi connectivity index (χ1n) is 7.57. The van der Waals surface area contributed by atoms with Gasteiger partial charge in [0.25, 0.3) is 0 Å². The van der Waals surface area contributed by atoms with E-state index in [0.29, 0.717) is 5.56 Å². The average molecular weight is 316 g/mol. The van der Waals surface area contributed by atoms with Gasteiger partial charge in [-0.3, -0.25) is 0 Å². The Balaban J connectivity index is 2.32. The van der Waals surface area contributed by atoms with Gasteiger partial charge in [-0.1, -0.05) is 30.3 Å². The molecule has 0 spiro atoms. The van der Waals surface area contributed by atoms with Gasteiger partial charge < -0.3 is 9.67 Å². The normalized spacial score (nSPS) is 12.9. The number of allylic oxidation sites excluding steroid dienone is 1. The molecule has 118 valence electrons. The second-order valence-corrected chi connectivity index (χ2v) is 5.62. The van der Waals surface area contributed by atoms with Crippen LogP contribution in [0.15, 0.2) is 60.7 Å². The van der Waals surface area contributed by atoms with Gasteiger partial charge in [0.05, 0.1) is 0 Å². The summed E-state index contributed by atoms with van der Waals surface area (Å²) in [6.45, 7) is 5.96. The fourth-order valence-electron chi connectivity index (χ4n) is 2.96. The van der Waals surface area contributed by atoms with Crippen molar-refractivity contribution in [1.29, 1.82) is 5.26 Å². The molecule has 24 heavy (non-hydrogen) atoms. The molecule has 1 atom stereocenters. The van der Waals surface area contributed by atoms with Crippen LogP contribution in [-0.4, -0.2) is 15.6 Å². The van der Waals surface area contributed by atoms with Crippen LogP contribution in [0.3, 0.4) is 0 Å². The van der Waals surface area contributed by atoms with Gasteiger partial charge in [0.15, 0.2) is 0 Å². The predicted molar refractivity (Wildman–Crippen MR) is 95.6 cm³/mol. The molecule has 4 nitrogen and oxygen atoms in total. The van der Waals surface area contributed by atoms with Gasteiger partial charge in [-0.05, 0) is 36.8 Å². The molecule has 0 saturated carbocycles. The maximum absolute atomic E-state index is 11.0. The molecule has 2 aromatic carbocycles. The first-order chi connectivity index (χ1) is 11.6. The summed E-state index contributed by atoms with van der Waals surface area (Å²) < 4.78 is 2.20. The maximum atomic E-state index is 11.0. The van der Waals surface area contributed by atoms with E-state index in [9.17, 15) is 4.79 Å². The molecule has 0 radical (unpaired) electrons. The maximum Gasteiger partial charge on any atom is 0.346 e. The van der Waals surface area contributed by atoms with Gasteiger partial charge >= 0.3 is 5.97 Å². The number of rotatable bonds is 4. The number of carbonyl (C=O) groups is 1. The lowest BCUT2D eigenvalue weighted by Gasteiger charge is -2.12. The van der Waals surface area contributed by atoms with Crippen LogP contribution in [0.1, 0.15) is 18.5 Å². The minimum atomic E-state index is -1.22. The van der Waals surface area contributed by atoms with E-state index in [0.717, 1.165) is 21.8 Å². The van der Waals surface area contributed by atoms with Crippen LogP contribution in [0, 0.1) is 11.3 Å². The lowest BCUT2D eigenvalue weighted by Crippen LogP contribution is -2.01. The van der Waals surface area contributed by atoms with Crippen molar-refractivity contribution in [3.63, 3.8) is 0 Å². The Morgan fingerprint density at radius 3 is 2.62 bits per heavy atom. The first-order valence-corrected chi connectivity index (χ1v) is 7.57. The van der Waals surface area contributed by atoms with Crippen molar-refractivity contribution in [1.82, 2.24) is 4.57 Å². The summed E-state index contributed by atoms with van der Waals surface area (Å²) in [5.41, 5.74) is 2.56. The highest BCUT2D eigenvalue weighted by molar-refractivity contribution is 6.09. The van der Waals surface area contributed by atoms with Crippen molar-refractivity contribution in [2.24, 2.45) is 0 Å². The zero-order chi connectivity index (χ0) is 17.3. The highest BCUT2D eigenvalue weighted by atomic mass is 16.4. The van der Waals surface area contributed by atoms with E-state index in [1.54, 1.807) is 6.07 Å². The molecule has 0 aliphatic heterocycles. The molecular weight excluding hydrogens is 300 g/mol. The number of aliphatic carboxylic acids is 1. The van der Waals surface area contributed by atoms with Crippen LogP contribution >= 0.6 is 0 Å². The summed E-state index contributed by atoms with van der Waals surface area (Å²) in [5.74, 6) is -1.22. The van der Waals surface area contributed by atoms with Crippen molar-refractivity contribution in [3.8, 4) is 6.07 Å². The van der Waals surface area contributed by atoms with Gasteiger partial charge in [-0.15, -0.1) is 6.58 Å². The molecule has 1 aromatic heterocycles. The molecule has 1 unspecified atom stereocenters. The Kier molecular flexibility index (Phi) is 3.93. The molecule has 0 fully saturated rings. The second-order valence-electron chi connectivity index (χ2n) is 5.62. The molecule has 1 heterocycles. The summed E-state index contributed by atoms with van der Waals surface area (Å²) in [6.07, 6.45) is 3.28. The third-order valence-corrected chi connectivity index (χ3v) is 4.14. The first kappa shape index (κ1) is 15.6. The van der Waals surface area contributed by atoms with Crippen molar-refractivity contribution >= 4 is 33.9 Å². The number of carboxylic acids is 1. The number of fused-ring (bicyclic) bond motifs is 3. The van der Waals surface area contributed by atoms with E-state index in [4.69, 9.17) is 10.4 Å². The lowest BCUT2D eigenvalue weighted by atomic mass is 10.1. The minimum absolute atomic E-state index is 0.127. The molecule has 0 saturated heterocycles. The summed E-state index contributed by atoms with van der Waals surface area (Å²) in [6, 6.07) is 15.6. The van der Waals surface area contributed by atoms with Crippen LogP contribution in [0.4, 0.5) is 0 Å². The van der Waals surface area contributed by atoms with Gasteiger partial charge in [-0.2, -0.15) is 5.26 Å². The molecule has 0 aliphatic rings. The van der Waals surface area contributed by atoms with E-state index in [2.05, 4.69) is 24.1 Å². The standard InChI is InChI=1S/C20H16N2O2/c1-3-13(2)22-18-7-5-4-6-16(18)17-11-14(8-9-19(17)22)10-15(12-21)20(23)24/h3-11,13H,1H2,2H3,(H,23,24)/b15-10-. The van der Waals surface area contributed by atoms with Gasteiger partial charge in [-0.25, -0.2) is 4.79 Å². The molecule has 3 rings (SSSR count). The average Bonchev–Trinajstić information content (AvgIpc) is 2.92. The quantitative estimate of drug-likeness (QED) is 0.437. The molecule has 1 N–H and O–H groups in total. The Morgan fingerprint density at radius 2 is 1.96 bits per heavy atom. The largest absolute Gasteiger partial charge is 0.477 e. The molecule has 0 aliphatic carbocycles. The van der Waals surface area contributed by atoms with Gasteiger partial charge in [0.2, 0.25) is 0 Å². The second kappa shape index (κ2) is 6.05. The number of aromatic nitrogens is 1. The highest BCUT2D eigenvalue weighted by Gasteiger charge is 2.14. The van der Waals surface area contributed by atoms with Crippen LogP contribution in [0.25, 0.3) is 27.9 Å². The Morgan fingerprint density at radius 1 is 1.25 bits per heavy atom. The van der Waals surface area contributed by atoms with E-state index < -0.39 is 5.97 Å². The smallest absolute Gasteiger partial charge is 0.346 e. The minimum Gasteiger partial charge on any atom is -0.477 e. The number of nitriles is 1. The van der Waals surface area contributed by atoms with E-state index in [1.807, 2.05) is 42.5 Å². The number of carboxylic acid groups (broad SMARTS) is 1. The summed E-state index contributed by atoms with van der Waals surface area (Å²) in [7, 11) is 0. The van der Waals surface area contributed by atoms with Crippen molar-refractivity contribution < 1.29 is 9.90 Å². The Labute approximate surface area is 139 Å². The lowest BCUT2D eigenvalue weighted by molar-refractivity contribution is -0.132. The zero-order valence-corrected chi connectivity index (χ0v) is 13.2. The fraction of sp³-hybridized carbons (Fsp3) is 0.100. The monoisotopic (exact) mass is 316 g/mol. The van der Waals surface area contributed by atoms with Crippen LogP contribution in [0.5, 0.6) is 0 Å². The van der Waals surface area contributed by atoms with Crippen LogP contribution in [0.2, 0.25) is 0 Å². The molecule has 0 amide bonds. The van der Waals surface area contributed by atoms with Gasteiger partial charge in [0, 0.05) is 27.8 Å². The van der Waals surface area contributed by atoms with E-state index in [1.165, 1.54) is 6.08 Å². The summed E-state index contributed by atoms with van der Waals surface area (Å²) in [5, 5.41) is 20.1. The number of benzene rings is 2. The number of hydrogen-bond acceptors (Lipinski definition) is 2. The predicted octanol–water partition coefficient (Wildman–Crippen LogP) is 4.53. The van der Waals surface area contributed by atoms with Gasteiger partial charge in [0.1, 0.15) is 11.6 Å². The Bertz CT molecular complexity index is 1030. The third-order valence-electron chi connectivity index (χ3n) is 4.14. The zero-order valence-electron chi connectivity index (χ0n) is 13.2. The van der Waals surface area contributed by atoms with E-state index in [-0.39, 0.29) is 11.6 Å². The Hall–Kier alpha value is -3.32. The summed E-state index contributed by atoms with van der Waals surface area (Å²) >= 11 is 0.